The molecule has 0 aliphatic carbocycles. The maximum Gasteiger partial charge on any atom is 0.248 e. The van der Waals surface area contributed by atoms with Crippen molar-refractivity contribution in [3.63, 3.8) is 0 Å². The van der Waals surface area contributed by atoms with Crippen LogP contribution in [0.4, 0.5) is 5.82 Å². The number of aromatic nitrogens is 2. The molecule has 0 saturated carbocycles. The lowest BCUT2D eigenvalue weighted by atomic mass is 10.3. The first-order valence-electron chi connectivity index (χ1n) is 7.71. The Balaban J connectivity index is 1.85. The van der Waals surface area contributed by atoms with E-state index in [1.807, 2.05) is 29.6 Å². The fraction of sp³-hybridized carbons (Fsp3) is 0.667. The molecule has 2 heterocycles. The van der Waals surface area contributed by atoms with Crippen LogP contribution in [0.2, 0.25) is 0 Å². The zero-order chi connectivity index (χ0) is 16.1. The van der Waals surface area contributed by atoms with Crippen molar-refractivity contribution < 1.29 is 14.3 Å². The highest BCUT2D eigenvalue weighted by Gasteiger charge is 2.28. The van der Waals surface area contributed by atoms with Crippen molar-refractivity contribution in [1.82, 2.24) is 14.7 Å². The van der Waals surface area contributed by atoms with Crippen molar-refractivity contribution in [2.75, 3.05) is 25.0 Å². The Kier molecular flexibility index (Phi) is 5.54. The topological polar surface area (TPSA) is 76.5 Å². The summed E-state index contributed by atoms with van der Waals surface area (Å²) in [4.78, 5) is 24.9. The van der Waals surface area contributed by atoms with E-state index in [4.69, 9.17) is 4.74 Å². The Morgan fingerprint density at radius 3 is 3.00 bits per heavy atom. The lowest BCUT2D eigenvalue weighted by Gasteiger charge is -2.18. The van der Waals surface area contributed by atoms with Gasteiger partial charge in [-0.3, -0.25) is 14.3 Å². The summed E-state index contributed by atoms with van der Waals surface area (Å²) in [5.41, 5.74) is 0. The average Bonchev–Trinajstić information content (AvgIpc) is 3.12. The van der Waals surface area contributed by atoms with Gasteiger partial charge in [0.25, 0.3) is 0 Å². The largest absolute Gasteiger partial charge is 0.369 e. The highest BCUT2D eigenvalue weighted by molar-refractivity contribution is 5.87. The minimum atomic E-state index is -0.143. The molecule has 0 bridgehead atoms. The van der Waals surface area contributed by atoms with Gasteiger partial charge in [0, 0.05) is 32.3 Å². The van der Waals surface area contributed by atoms with E-state index in [-0.39, 0.29) is 30.6 Å². The highest BCUT2D eigenvalue weighted by atomic mass is 16.5. The fourth-order valence-electron chi connectivity index (χ4n) is 2.40. The summed E-state index contributed by atoms with van der Waals surface area (Å²) in [5.74, 6) is 0.421. The van der Waals surface area contributed by atoms with Gasteiger partial charge in [-0.05, 0) is 19.8 Å². The molecule has 22 heavy (non-hydrogen) atoms. The number of carbonyl (C=O) groups excluding carboxylic acids is 2. The lowest BCUT2D eigenvalue weighted by Crippen LogP contribution is -2.33. The maximum atomic E-state index is 12.1. The minimum absolute atomic E-state index is 0.0250. The van der Waals surface area contributed by atoms with Crippen LogP contribution in [0.25, 0.3) is 0 Å². The molecule has 0 aromatic carbocycles. The summed E-state index contributed by atoms with van der Waals surface area (Å²) in [7, 11) is 0. The standard InChI is InChI=1S/C15H24N4O3/c1-4-11(2)22-10-15(21)18-7-5-13(9-18)19-8-6-14(17-19)16-12(3)20/h6,8,11,13H,4-5,7,9-10H2,1-3H3,(H,16,17,20)/t11-,13+/m0/s1. The van der Waals surface area contributed by atoms with Gasteiger partial charge in [-0.2, -0.15) is 5.10 Å². The molecule has 2 atom stereocenters. The van der Waals surface area contributed by atoms with Crippen LogP contribution in [0.5, 0.6) is 0 Å². The fourth-order valence-corrected chi connectivity index (χ4v) is 2.40. The van der Waals surface area contributed by atoms with Crippen LogP contribution in [-0.2, 0) is 14.3 Å². The molecule has 2 rings (SSSR count). The molecule has 122 valence electrons. The molecule has 0 unspecified atom stereocenters. The number of amides is 2. The number of rotatable bonds is 6. The zero-order valence-electron chi connectivity index (χ0n) is 13.4. The van der Waals surface area contributed by atoms with Gasteiger partial charge in [-0.25, -0.2) is 0 Å². The monoisotopic (exact) mass is 308 g/mol. The van der Waals surface area contributed by atoms with Gasteiger partial charge in [-0.1, -0.05) is 6.92 Å². The Morgan fingerprint density at radius 1 is 1.55 bits per heavy atom. The molecule has 1 saturated heterocycles. The Hall–Kier alpha value is -1.89. The van der Waals surface area contributed by atoms with E-state index in [1.165, 1.54) is 6.92 Å². The lowest BCUT2D eigenvalue weighted by molar-refractivity contribution is -0.137. The molecule has 0 radical (unpaired) electrons. The number of nitrogens with one attached hydrogen (secondary N) is 1. The van der Waals surface area contributed by atoms with E-state index in [0.29, 0.717) is 18.9 Å². The highest BCUT2D eigenvalue weighted by Crippen LogP contribution is 2.22. The van der Waals surface area contributed by atoms with Gasteiger partial charge in [0.15, 0.2) is 5.82 Å². The molecule has 7 heteroatoms. The van der Waals surface area contributed by atoms with Crippen molar-refractivity contribution in [2.24, 2.45) is 0 Å². The van der Waals surface area contributed by atoms with Gasteiger partial charge in [-0.15, -0.1) is 0 Å². The van der Waals surface area contributed by atoms with Crippen LogP contribution in [0.3, 0.4) is 0 Å². The quantitative estimate of drug-likeness (QED) is 0.862. The smallest absolute Gasteiger partial charge is 0.248 e. The summed E-state index contributed by atoms with van der Waals surface area (Å²) in [6, 6.07) is 1.91. The number of hydrogen-bond acceptors (Lipinski definition) is 4. The summed E-state index contributed by atoms with van der Waals surface area (Å²) in [5, 5.41) is 6.98. The van der Waals surface area contributed by atoms with Crippen molar-refractivity contribution in [3.05, 3.63) is 12.3 Å². The van der Waals surface area contributed by atoms with Crippen LogP contribution in [0.15, 0.2) is 12.3 Å². The maximum absolute atomic E-state index is 12.1. The third-order valence-electron chi connectivity index (χ3n) is 3.87. The molecule has 0 spiro atoms. The SMILES string of the molecule is CC[C@H](C)OCC(=O)N1CC[C@@H](n2ccc(NC(C)=O)n2)C1. The first-order chi connectivity index (χ1) is 10.5. The van der Waals surface area contributed by atoms with Crippen molar-refractivity contribution in [2.45, 2.75) is 45.8 Å². The molecule has 1 aliphatic rings. The van der Waals surface area contributed by atoms with Crippen molar-refractivity contribution in [1.29, 1.82) is 0 Å². The predicted octanol–water partition coefficient (Wildman–Crippen LogP) is 1.43. The number of anilines is 1. The Labute approximate surface area is 130 Å². The van der Waals surface area contributed by atoms with Gasteiger partial charge in [0.05, 0.1) is 12.1 Å². The molecule has 1 N–H and O–H groups in total. The molecule has 1 aromatic heterocycles. The predicted molar refractivity (Wildman–Crippen MR) is 82.5 cm³/mol. The molecule has 1 aromatic rings. The van der Waals surface area contributed by atoms with E-state index < -0.39 is 0 Å². The van der Waals surface area contributed by atoms with Gasteiger partial charge in [0.1, 0.15) is 6.61 Å². The first-order valence-corrected chi connectivity index (χ1v) is 7.71. The summed E-state index contributed by atoms with van der Waals surface area (Å²) < 4.78 is 7.31. The molecule has 1 fully saturated rings. The number of likely N-dealkylation sites (tertiary alicyclic amines) is 1. The van der Waals surface area contributed by atoms with E-state index in [1.54, 1.807) is 6.07 Å². The summed E-state index contributed by atoms with van der Waals surface area (Å²) in [6.45, 7) is 6.93. The van der Waals surface area contributed by atoms with Crippen molar-refractivity contribution in [3.8, 4) is 0 Å². The number of nitrogens with zero attached hydrogens (tertiary/aromatic N) is 3. The van der Waals surface area contributed by atoms with Gasteiger partial charge >= 0.3 is 0 Å². The van der Waals surface area contributed by atoms with E-state index in [2.05, 4.69) is 10.4 Å². The van der Waals surface area contributed by atoms with E-state index >= 15 is 0 Å². The summed E-state index contributed by atoms with van der Waals surface area (Å²) in [6.07, 6.45) is 3.69. The Bertz CT molecular complexity index is 529. The van der Waals surface area contributed by atoms with Crippen molar-refractivity contribution >= 4 is 17.6 Å². The average molecular weight is 308 g/mol. The van der Waals surface area contributed by atoms with Crippen LogP contribution in [-0.4, -0.2) is 52.3 Å². The third kappa shape index (κ3) is 4.30. The van der Waals surface area contributed by atoms with E-state index in [9.17, 15) is 9.59 Å². The molecular weight excluding hydrogens is 284 g/mol. The van der Waals surface area contributed by atoms with Crippen LogP contribution in [0, 0.1) is 0 Å². The molecule has 2 amide bonds. The minimum Gasteiger partial charge on any atom is -0.369 e. The zero-order valence-corrected chi connectivity index (χ0v) is 13.4. The second kappa shape index (κ2) is 7.40. The summed E-state index contributed by atoms with van der Waals surface area (Å²) >= 11 is 0. The van der Waals surface area contributed by atoms with Gasteiger partial charge in [0.2, 0.25) is 11.8 Å². The van der Waals surface area contributed by atoms with Crippen LogP contribution >= 0.6 is 0 Å². The number of carbonyl (C=O) groups is 2. The molecule has 7 nitrogen and oxygen atoms in total. The second-order valence-electron chi connectivity index (χ2n) is 5.67. The van der Waals surface area contributed by atoms with Gasteiger partial charge < -0.3 is 15.0 Å². The van der Waals surface area contributed by atoms with Crippen LogP contribution < -0.4 is 5.32 Å². The molecule has 1 aliphatic heterocycles. The number of hydrogen-bond donors (Lipinski definition) is 1. The first kappa shape index (κ1) is 16.5. The van der Waals surface area contributed by atoms with E-state index in [0.717, 1.165) is 12.8 Å². The Morgan fingerprint density at radius 2 is 2.32 bits per heavy atom. The van der Waals surface area contributed by atoms with Crippen LogP contribution in [0.1, 0.15) is 39.7 Å². The second-order valence-corrected chi connectivity index (χ2v) is 5.67. The number of ether oxygens (including phenoxy) is 1. The molecular formula is C15H24N4O3. The normalized spacial score (nSPS) is 19.2. The third-order valence-corrected chi connectivity index (χ3v) is 3.87.